The molecule has 0 atom stereocenters. The molecular formula is C57H37N5. The van der Waals surface area contributed by atoms with E-state index in [1.165, 1.54) is 0 Å². The summed E-state index contributed by atoms with van der Waals surface area (Å²) in [6.07, 6.45) is 0. The number of hydrogen-bond acceptors (Lipinski definition) is 4. The van der Waals surface area contributed by atoms with Crippen LogP contribution in [0.25, 0.3) is 94.8 Å². The van der Waals surface area contributed by atoms with Crippen LogP contribution in [0, 0.1) is 18.8 Å². The third kappa shape index (κ3) is 6.67. The fourth-order valence-corrected chi connectivity index (χ4v) is 8.47. The van der Waals surface area contributed by atoms with E-state index in [0.29, 0.717) is 11.8 Å². The second-order valence-electron chi connectivity index (χ2n) is 15.3. The zero-order valence-corrected chi connectivity index (χ0v) is 33.9. The van der Waals surface area contributed by atoms with Crippen molar-refractivity contribution in [2.24, 2.45) is 0 Å². The maximum absolute atomic E-state index is 5.29. The summed E-state index contributed by atoms with van der Waals surface area (Å²) in [5, 5.41) is 3.26. The first-order valence-electron chi connectivity index (χ1n) is 20.7. The molecule has 62 heavy (non-hydrogen) atoms. The Balaban J connectivity index is 1.11. The van der Waals surface area contributed by atoms with E-state index >= 15 is 0 Å². The van der Waals surface area contributed by atoms with Gasteiger partial charge in [0.15, 0.2) is 5.82 Å². The molecule has 3 aromatic heterocycles. The topological polar surface area (TPSA) is 56.5 Å². The van der Waals surface area contributed by atoms with Crippen molar-refractivity contribution in [1.29, 1.82) is 0 Å². The van der Waals surface area contributed by atoms with Gasteiger partial charge in [-0.2, -0.15) is 0 Å². The van der Waals surface area contributed by atoms with Gasteiger partial charge in [-0.15, -0.1) is 0 Å². The van der Waals surface area contributed by atoms with Gasteiger partial charge in [0.05, 0.1) is 27.9 Å². The molecule has 0 bridgehead atoms. The van der Waals surface area contributed by atoms with Crippen molar-refractivity contribution in [2.45, 2.75) is 6.92 Å². The van der Waals surface area contributed by atoms with Crippen molar-refractivity contribution in [3.63, 3.8) is 0 Å². The summed E-state index contributed by atoms with van der Waals surface area (Å²) in [5.41, 5.74) is 14.6. The summed E-state index contributed by atoms with van der Waals surface area (Å²) >= 11 is 0. The Labute approximate surface area is 359 Å². The molecule has 0 unspecified atom stereocenters. The lowest BCUT2D eigenvalue weighted by molar-refractivity contribution is 1.01. The average Bonchev–Trinajstić information content (AvgIpc) is 3.67. The molecule has 11 rings (SSSR count). The first-order chi connectivity index (χ1) is 30.7. The Bertz CT molecular complexity index is 3510. The Hall–Kier alpha value is -8.46. The first-order valence-corrected chi connectivity index (χ1v) is 20.7. The molecule has 0 N–H and O–H groups in total. The van der Waals surface area contributed by atoms with Crippen LogP contribution in [0.3, 0.4) is 0 Å². The number of nitrogens with zero attached hydrogens (tertiary/aromatic N) is 5. The number of aromatic nitrogens is 5. The largest absolute Gasteiger partial charge is 0.278 e. The minimum Gasteiger partial charge on any atom is -0.278 e. The highest BCUT2D eigenvalue weighted by Gasteiger charge is 2.21. The van der Waals surface area contributed by atoms with Crippen molar-refractivity contribution in [3.05, 3.63) is 223 Å². The standard InChI is InChI=1S/C57H37N5/c1-38-53(55(42-22-10-4-11-23-42)60-56(58-38)43-24-12-5-13-25-43)48-36-44(33-32-40(48)31-30-39-18-6-2-7-19-39)45-34-35-52-49(37-45)46-26-15-17-29-51(46)62(52)57-59-50-28-16-14-27-47(50)54(61-57)41-20-8-3-9-21-41/h2-29,32-37H,1H3. The van der Waals surface area contributed by atoms with Crippen LogP contribution in [-0.4, -0.2) is 24.5 Å². The third-order valence-corrected chi connectivity index (χ3v) is 11.4. The fourth-order valence-electron chi connectivity index (χ4n) is 8.47. The zero-order chi connectivity index (χ0) is 41.4. The second kappa shape index (κ2) is 15.6. The van der Waals surface area contributed by atoms with Gasteiger partial charge < -0.3 is 0 Å². The van der Waals surface area contributed by atoms with Crippen LogP contribution in [0.1, 0.15) is 16.8 Å². The lowest BCUT2D eigenvalue weighted by Crippen LogP contribution is -2.03. The summed E-state index contributed by atoms with van der Waals surface area (Å²) in [5.74, 6) is 8.29. The minimum atomic E-state index is 0.632. The van der Waals surface area contributed by atoms with Crippen LogP contribution < -0.4 is 0 Å². The molecule has 3 heterocycles. The molecule has 0 aliphatic heterocycles. The molecule has 0 aliphatic rings. The van der Waals surface area contributed by atoms with Crippen LogP contribution in [0.2, 0.25) is 0 Å². The molecule has 0 aliphatic carbocycles. The van der Waals surface area contributed by atoms with Crippen LogP contribution >= 0.6 is 0 Å². The van der Waals surface area contributed by atoms with E-state index in [0.717, 1.165) is 99.9 Å². The van der Waals surface area contributed by atoms with E-state index in [2.05, 4.69) is 157 Å². The summed E-state index contributed by atoms with van der Waals surface area (Å²) in [6.45, 7) is 2.08. The summed E-state index contributed by atoms with van der Waals surface area (Å²) < 4.78 is 2.20. The van der Waals surface area contributed by atoms with Gasteiger partial charge in [-0.3, -0.25) is 4.57 Å². The highest BCUT2D eigenvalue weighted by molar-refractivity contribution is 6.10. The first kappa shape index (κ1) is 36.6. The third-order valence-electron chi connectivity index (χ3n) is 11.4. The van der Waals surface area contributed by atoms with Gasteiger partial charge in [0.25, 0.3) is 0 Å². The van der Waals surface area contributed by atoms with E-state index in [-0.39, 0.29) is 0 Å². The molecule has 5 heteroatoms. The summed E-state index contributed by atoms with van der Waals surface area (Å²) in [4.78, 5) is 20.9. The monoisotopic (exact) mass is 791 g/mol. The fraction of sp³-hybridized carbons (Fsp3) is 0.0175. The number of aryl methyl sites for hydroxylation is 1. The van der Waals surface area contributed by atoms with Crippen molar-refractivity contribution in [1.82, 2.24) is 24.5 Å². The van der Waals surface area contributed by atoms with Crippen molar-refractivity contribution in [2.75, 3.05) is 0 Å². The van der Waals surface area contributed by atoms with Crippen LogP contribution in [-0.2, 0) is 0 Å². The molecule has 0 saturated heterocycles. The van der Waals surface area contributed by atoms with E-state index in [1.54, 1.807) is 0 Å². The Morgan fingerprint density at radius 1 is 0.403 bits per heavy atom. The van der Waals surface area contributed by atoms with Gasteiger partial charge in [-0.1, -0.05) is 170 Å². The van der Waals surface area contributed by atoms with Crippen molar-refractivity contribution >= 4 is 32.7 Å². The highest BCUT2D eigenvalue weighted by Crippen LogP contribution is 2.40. The maximum atomic E-state index is 5.29. The molecule has 0 radical (unpaired) electrons. The number of hydrogen-bond donors (Lipinski definition) is 0. The Kier molecular flexibility index (Phi) is 9.22. The molecule has 0 amide bonds. The molecule has 290 valence electrons. The maximum Gasteiger partial charge on any atom is 0.235 e. The zero-order valence-electron chi connectivity index (χ0n) is 33.9. The average molecular weight is 792 g/mol. The van der Waals surface area contributed by atoms with E-state index in [9.17, 15) is 0 Å². The molecule has 8 aromatic carbocycles. The quantitative estimate of drug-likeness (QED) is 0.157. The lowest BCUT2D eigenvalue weighted by atomic mass is 9.90. The lowest BCUT2D eigenvalue weighted by Gasteiger charge is -2.17. The predicted molar refractivity (Wildman–Crippen MR) is 254 cm³/mol. The predicted octanol–water partition coefficient (Wildman–Crippen LogP) is 13.6. The second-order valence-corrected chi connectivity index (χ2v) is 15.3. The number of rotatable bonds is 6. The van der Waals surface area contributed by atoms with E-state index in [1.807, 2.05) is 72.8 Å². The van der Waals surface area contributed by atoms with Gasteiger partial charge >= 0.3 is 0 Å². The van der Waals surface area contributed by atoms with Gasteiger partial charge in [0.2, 0.25) is 5.95 Å². The minimum absolute atomic E-state index is 0.632. The normalized spacial score (nSPS) is 11.2. The van der Waals surface area contributed by atoms with Gasteiger partial charge in [0.1, 0.15) is 0 Å². The highest BCUT2D eigenvalue weighted by atomic mass is 15.2. The molecule has 0 fully saturated rings. The Morgan fingerprint density at radius 3 is 1.73 bits per heavy atom. The van der Waals surface area contributed by atoms with Crippen LogP contribution in [0.15, 0.2) is 206 Å². The molecule has 5 nitrogen and oxygen atoms in total. The Morgan fingerprint density at radius 2 is 0.984 bits per heavy atom. The number of fused-ring (bicyclic) bond motifs is 4. The summed E-state index contributed by atoms with van der Waals surface area (Å²) in [7, 11) is 0. The number of benzene rings is 8. The molecule has 0 spiro atoms. The van der Waals surface area contributed by atoms with E-state index in [4.69, 9.17) is 19.9 Å². The van der Waals surface area contributed by atoms with Gasteiger partial charge in [-0.05, 0) is 66.6 Å². The van der Waals surface area contributed by atoms with E-state index < -0.39 is 0 Å². The van der Waals surface area contributed by atoms with Crippen molar-refractivity contribution in [3.8, 4) is 73.9 Å². The van der Waals surface area contributed by atoms with Crippen molar-refractivity contribution < 1.29 is 0 Å². The van der Waals surface area contributed by atoms with Crippen LogP contribution in [0.4, 0.5) is 0 Å². The molecule has 0 saturated carbocycles. The van der Waals surface area contributed by atoms with Gasteiger partial charge in [0, 0.05) is 60.8 Å². The summed E-state index contributed by atoms with van der Waals surface area (Å²) in [6, 6.07) is 71.1. The number of para-hydroxylation sites is 2. The molecular weight excluding hydrogens is 755 g/mol. The van der Waals surface area contributed by atoms with Gasteiger partial charge in [-0.25, -0.2) is 19.9 Å². The smallest absolute Gasteiger partial charge is 0.235 e. The SMILES string of the molecule is Cc1nc(-c2ccccc2)nc(-c2ccccc2)c1-c1cc(-c2ccc3c(c2)c2ccccc2n3-c2nc(-c3ccccc3)c3ccccc3n2)ccc1C#Cc1ccccc1. The van der Waals surface area contributed by atoms with Crippen LogP contribution in [0.5, 0.6) is 0 Å². The molecule has 11 aromatic rings.